The van der Waals surface area contributed by atoms with Gasteiger partial charge >= 0.3 is 0 Å². The molecule has 3 aromatic rings. The second-order valence-electron chi connectivity index (χ2n) is 7.92. The Labute approximate surface area is 179 Å². The van der Waals surface area contributed by atoms with Crippen molar-refractivity contribution in [2.45, 2.75) is 39.3 Å². The van der Waals surface area contributed by atoms with E-state index in [4.69, 9.17) is 14.5 Å². The second-order valence-corrected chi connectivity index (χ2v) is 7.92. The van der Waals surface area contributed by atoms with Crippen LogP contribution in [0.25, 0.3) is 22.6 Å². The maximum absolute atomic E-state index is 12.7. The number of imidazole rings is 1. The molecule has 2 fully saturated rings. The highest BCUT2D eigenvalue weighted by Crippen LogP contribution is 2.29. The smallest absolute Gasteiger partial charge is 0.245 e. The van der Waals surface area contributed by atoms with Crippen molar-refractivity contribution in [3.8, 4) is 17.3 Å². The molecule has 2 aliphatic rings. The summed E-state index contributed by atoms with van der Waals surface area (Å²) in [6.07, 6.45) is 6.45. The maximum atomic E-state index is 12.7. The van der Waals surface area contributed by atoms with Gasteiger partial charge in [0.1, 0.15) is 24.1 Å². The number of carbonyl (C=O) groups is 1. The summed E-state index contributed by atoms with van der Waals surface area (Å²) in [6, 6.07) is 0. The third kappa shape index (κ3) is 3.71. The lowest BCUT2D eigenvalue weighted by Gasteiger charge is -2.19. The van der Waals surface area contributed by atoms with Gasteiger partial charge in [0, 0.05) is 38.5 Å². The van der Waals surface area contributed by atoms with Crippen LogP contribution in [0.2, 0.25) is 0 Å². The number of hydrogen-bond donors (Lipinski definition) is 0. The van der Waals surface area contributed by atoms with Crippen molar-refractivity contribution >= 4 is 17.1 Å². The van der Waals surface area contributed by atoms with Crippen LogP contribution in [-0.2, 0) is 16.1 Å². The highest BCUT2D eigenvalue weighted by molar-refractivity contribution is 5.81. The van der Waals surface area contributed by atoms with Crippen LogP contribution >= 0.6 is 0 Å². The lowest BCUT2D eigenvalue weighted by Crippen LogP contribution is -2.36. The number of nitrogens with zero attached hydrogens (tertiary/aromatic N) is 7. The van der Waals surface area contributed by atoms with E-state index in [1.165, 1.54) is 6.33 Å². The number of hydrogen-bond acceptors (Lipinski definition) is 8. The van der Waals surface area contributed by atoms with Gasteiger partial charge in [-0.15, -0.1) is 0 Å². The number of fused-ring (bicyclic) bond motifs is 1. The van der Waals surface area contributed by atoms with Gasteiger partial charge in [-0.25, -0.2) is 19.9 Å². The van der Waals surface area contributed by atoms with E-state index in [0.29, 0.717) is 55.7 Å². The van der Waals surface area contributed by atoms with Crippen LogP contribution in [0.15, 0.2) is 18.7 Å². The normalized spacial score (nSPS) is 21.2. The van der Waals surface area contributed by atoms with Gasteiger partial charge in [0.05, 0.1) is 24.6 Å². The molecule has 3 aromatic heterocycles. The molecule has 0 bridgehead atoms. The predicted molar refractivity (Wildman–Crippen MR) is 111 cm³/mol. The average molecular weight is 423 g/mol. The summed E-state index contributed by atoms with van der Waals surface area (Å²) in [7, 11) is 0. The first-order valence-corrected chi connectivity index (χ1v) is 10.7. The van der Waals surface area contributed by atoms with Crippen LogP contribution < -0.4 is 4.74 Å². The molecule has 0 saturated carbocycles. The van der Waals surface area contributed by atoms with Crippen LogP contribution in [0, 0.1) is 12.8 Å². The lowest BCUT2D eigenvalue weighted by molar-refractivity contribution is -0.134. The summed E-state index contributed by atoms with van der Waals surface area (Å²) in [5.74, 6) is 2.01. The number of carbonyl (C=O) groups excluding carboxylic acids is 1. The van der Waals surface area contributed by atoms with Gasteiger partial charge in [0.25, 0.3) is 0 Å². The zero-order chi connectivity index (χ0) is 21.4. The number of likely N-dealkylation sites (tertiary alicyclic amines) is 1. The van der Waals surface area contributed by atoms with Gasteiger partial charge in [-0.1, -0.05) is 0 Å². The second kappa shape index (κ2) is 8.18. The monoisotopic (exact) mass is 423 g/mol. The van der Waals surface area contributed by atoms with E-state index in [1.54, 1.807) is 12.4 Å². The third-order valence-corrected chi connectivity index (χ3v) is 5.87. The molecular weight excluding hydrogens is 398 g/mol. The Balaban J connectivity index is 1.39. The molecule has 162 valence electrons. The van der Waals surface area contributed by atoms with Crippen molar-refractivity contribution in [2.24, 2.45) is 5.92 Å². The molecule has 10 nitrogen and oxygen atoms in total. The molecule has 31 heavy (non-hydrogen) atoms. The molecule has 0 aromatic carbocycles. The van der Waals surface area contributed by atoms with Gasteiger partial charge in [-0.2, -0.15) is 4.98 Å². The van der Waals surface area contributed by atoms with E-state index in [2.05, 4.69) is 19.9 Å². The fourth-order valence-corrected chi connectivity index (χ4v) is 4.20. The molecule has 0 aliphatic carbocycles. The summed E-state index contributed by atoms with van der Waals surface area (Å²) in [4.78, 5) is 36.7. The number of ether oxygens (including phenoxy) is 2. The summed E-state index contributed by atoms with van der Waals surface area (Å²) in [6.45, 7) is 6.99. The van der Waals surface area contributed by atoms with Crippen molar-refractivity contribution in [2.75, 3.05) is 26.3 Å². The lowest BCUT2D eigenvalue weighted by atomic mass is 10.1. The van der Waals surface area contributed by atoms with Crippen LogP contribution in [0.1, 0.15) is 25.6 Å². The van der Waals surface area contributed by atoms with Crippen molar-refractivity contribution < 1.29 is 14.3 Å². The molecule has 2 aliphatic heterocycles. The Bertz CT molecular complexity index is 1090. The Kier molecular flexibility index (Phi) is 5.23. The highest BCUT2D eigenvalue weighted by Gasteiger charge is 2.34. The average Bonchev–Trinajstić information content (AvgIpc) is 3.54. The molecular formula is C21H25N7O3. The molecule has 10 heteroatoms. The molecule has 0 N–H and O–H groups in total. The molecule has 0 spiro atoms. The van der Waals surface area contributed by atoms with Crippen LogP contribution in [0.3, 0.4) is 0 Å². The predicted octanol–water partition coefficient (Wildman–Crippen LogP) is 1.63. The van der Waals surface area contributed by atoms with E-state index in [-0.39, 0.29) is 17.9 Å². The summed E-state index contributed by atoms with van der Waals surface area (Å²) in [5.41, 5.74) is 2.12. The van der Waals surface area contributed by atoms with Gasteiger partial charge in [-0.3, -0.25) is 4.79 Å². The van der Waals surface area contributed by atoms with Gasteiger partial charge in [-0.05, 0) is 20.3 Å². The topological polar surface area (TPSA) is 108 Å². The van der Waals surface area contributed by atoms with Gasteiger partial charge in [0.2, 0.25) is 11.8 Å². The van der Waals surface area contributed by atoms with E-state index in [9.17, 15) is 4.79 Å². The fourth-order valence-electron chi connectivity index (χ4n) is 4.20. The Hall–Kier alpha value is -3.14. The first-order chi connectivity index (χ1) is 15.1. The minimum absolute atomic E-state index is 0.0240. The van der Waals surface area contributed by atoms with Crippen molar-refractivity contribution in [3.63, 3.8) is 0 Å². The molecule has 1 amide bonds. The van der Waals surface area contributed by atoms with Crippen molar-refractivity contribution in [1.29, 1.82) is 0 Å². The summed E-state index contributed by atoms with van der Waals surface area (Å²) in [5, 5.41) is 0. The van der Waals surface area contributed by atoms with E-state index < -0.39 is 0 Å². The molecule has 2 atom stereocenters. The summed E-state index contributed by atoms with van der Waals surface area (Å²) < 4.78 is 13.6. The van der Waals surface area contributed by atoms with Crippen LogP contribution in [0.5, 0.6) is 5.88 Å². The minimum Gasteiger partial charge on any atom is -0.471 e. The Morgan fingerprint density at radius 1 is 1.23 bits per heavy atom. The third-order valence-electron chi connectivity index (χ3n) is 5.87. The van der Waals surface area contributed by atoms with E-state index in [0.717, 1.165) is 24.2 Å². The quantitative estimate of drug-likeness (QED) is 0.609. The standard InChI is InChI=1S/C21H25N7O3/c1-3-28-18(15-8-22-13(2)23-9-15)26-17-19(28)24-12-25-20(17)31-16-4-6-27(10-16)21(29)14-5-7-30-11-14/h8-9,12,14,16H,3-7,10-11H2,1-2H3/t14?,16-/m0/s1. The van der Waals surface area contributed by atoms with Gasteiger partial charge in [0.15, 0.2) is 11.2 Å². The minimum atomic E-state index is -0.123. The Morgan fingerprint density at radius 2 is 2.06 bits per heavy atom. The van der Waals surface area contributed by atoms with E-state index >= 15 is 0 Å². The molecule has 2 saturated heterocycles. The van der Waals surface area contributed by atoms with Crippen molar-refractivity contribution in [1.82, 2.24) is 34.4 Å². The first-order valence-electron chi connectivity index (χ1n) is 10.7. The zero-order valence-electron chi connectivity index (χ0n) is 17.7. The van der Waals surface area contributed by atoms with Crippen molar-refractivity contribution in [3.05, 3.63) is 24.5 Å². The largest absolute Gasteiger partial charge is 0.471 e. The number of amides is 1. The van der Waals surface area contributed by atoms with Crippen LogP contribution in [0.4, 0.5) is 0 Å². The fraction of sp³-hybridized carbons (Fsp3) is 0.524. The SMILES string of the molecule is CCn1c(-c2cnc(C)nc2)nc2c(O[C@H]3CCN(C(=O)C4CCOC4)C3)ncnc21. The van der Waals surface area contributed by atoms with Crippen LogP contribution in [-0.4, -0.2) is 72.7 Å². The highest BCUT2D eigenvalue weighted by atomic mass is 16.5. The van der Waals surface area contributed by atoms with E-state index in [1.807, 2.05) is 23.3 Å². The molecule has 1 unspecified atom stereocenters. The molecule has 5 heterocycles. The number of rotatable bonds is 5. The first kappa shape index (κ1) is 19.8. The summed E-state index contributed by atoms with van der Waals surface area (Å²) >= 11 is 0. The number of aromatic nitrogens is 6. The van der Waals surface area contributed by atoms with Gasteiger partial charge < -0.3 is 18.9 Å². The zero-order valence-corrected chi connectivity index (χ0v) is 17.7. The number of aryl methyl sites for hydroxylation is 2. The molecule has 5 rings (SSSR count). The Morgan fingerprint density at radius 3 is 2.81 bits per heavy atom. The maximum Gasteiger partial charge on any atom is 0.245 e. The molecule has 0 radical (unpaired) electrons.